The summed E-state index contributed by atoms with van der Waals surface area (Å²) in [6.45, 7) is 2.04. The number of urea groups is 1. The van der Waals surface area contributed by atoms with E-state index < -0.39 is 35.1 Å². The number of carbonyl (C=O) groups excluding carboxylic acids is 2. The van der Waals surface area contributed by atoms with Gasteiger partial charge in [-0.2, -0.15) is 5.10 Å². The van der Waals surface area contributed by atoms with Crippen molar-refractivity contribution >= 4 is 34.2 Å². The third-order valence-corrected chi connectivity index (χ3v) is 5.57. The van der Waals surface area contributed by atoms with Gasteiger partial charge in [0.15, 0.2) is 11.6 Å². The number of unbranched alkanes of at least 4 members (excludes halogenated alkanes) is 1. The van der Waals surface area contributed by atoms with Crippen molar-refractivity contribution in [2.45, 2.75) is 32.6 Å². The first-order valence-corrected chi connectivity index (χ1v) is 11.4. The van der Waals surface area contributed by atoms with Gasteiger partial charge in [-0.15, -0.1) is 0 Å². The molecule has 0 unspecified atom stereocenters. The highest BCUT2D eigenvalue weighted by Gasteiger charge is 2.18. The number of anilines is 2. The van der Waals surface area contributed by atoms with Crippen molar-refractivity contribution in [2.24, 2.45) is 5.73 Å². The van der Waals surface area contributed by atoms with Gasteiger partial charge in [-0.3, -0.25) is 10.1 Å². The summed E-state index contributed by atoms with van der Waals surface area (Å²) in [5.41, 5.74) is 6.76. The predicted octanol–water partition coefficient (Wildman–Crippen LogP) is 5.46. The van der Waals surface area contributed by atoms with Crippen molar-refractivity contribution in [2.75, 3.05) is 10.6 Å². The van der Waals surface area contributed by atoms with E-state index in [9.17, 15) is 22.8 Å². The maximum Gasteiger partial charge on any atom is 0.324 e. The van der Waals surface area contributed by atoms with Gasteiger partial charge >= 0.3 is 6.03 Å². The molecule has 4 aromatic rings. The Labute approximate surface area is 205 Å². The summed E-state index contributed by atoms with van der Waals surface area (Å²) in [6, 6.07) is 12.9. The molecule has 186 valence electrons. The highest BCUT2D eigenvalue weighted by Crippen LogP contribution is 2.27. The molecular weight excluding hydrogens is 471 g/mol. The molecule has 36 heavy (non-hydrogen) atoms. The van der Waals surface area contributed by atoms with Gasteiger partial charge in [0, 0.05) is 18.2 Å². The van der Waals surface area contributed by atoms with Crippen LogP contribution in [0.4, 0.5) is 29.5 Å². The van der Waals surface area contributed by atoms with Crippen LogP contribution in [0.1, 0.15) is 31.0 Å². The first kappa shape index (κ1) is 24.8. The van der Waals surface area contributed by atoms with Crippen LogP contribution >= 0.6 is 0 Å². The highest BCUT2D eigenvalue weighted by atomic mass is 19.2. The molecule has 1 heterocycles. The second-order valence-electron chi connectivity index (χ2n) is 8.33. The number of benzene rings is 3. The summed E-state index contributed by atoms with van der Waals surface area (Å²) in [5.74, 6) is -4.08. The molecule has 0 fully saturated rings. The van der Waals surface area contributed by atoms with Gasteiger partial charge < -0.3 is 11.1 Å². The lowest BCUT2D eigenvalue weighted by molar-refractivity contribution is -0.117. The fourth-order valence-electron chi connectivity index (χ4n) is 3.94. The van der Waals surface area contributed by atoms with Crippen LogP contribution in [0.2, 0.25) is 0 Å². The summed E-state index contributed by atoms with van der Waals surface area (Å²) in [7, 11) is 0. The maximum atomic E-state index is 14.0. The lowest BCUT2D eigenvalue weighted by Crippen LogP contribution is -2.22. The average Bonchev–Trinajstić information content (AvgIpc) is 3.22. The number of fused-ring (bicyclic) bond motifs is 1. The molecule has 0 aliphatic rings. The SMILES string of the molecule is CCCCc1cc(NC(=O)Nc2cc(F)cc(F)c2F)n(-c2cc(CC(N)=O)c3ccccc3c2)n1. The second kappa shape index (κ2) is 10.5. The van der Waals surface area contributed by atoms with Crippen LogP contribution in [0.3, 0.4) is 0 Å². The molecule has 7 nitrogen and oxygen atoms in total. The van der Waals surface area contributed by atoms with Gasteiger partial charge in [-0.05, 0) is 41.3 Å². The van der Waals surface area contributed by atoms with Crippen LogP contribution in [-0.4, -0.2) is 21.7 Å². The summed E-state index contributed by atoms with van der Waals surface area (Å²) < 4.78 is 42.6. The molecular formula is C26H24F3N5O2. The predicted molar refractivity (Wildman–Crippen MR) is 132 cm³/mol. The number of hydrogen-bond acceptors (Lipinski definition) is 3. The molecule has 0 atom stereocenters. The summed E-state index contributed by atoms with van der Waals surface area (Å²) in [5, 5.41) is 11.0. The van der Waals surface area contributed by atoms with Gasteiger partial charge in [0.05, 0.1) is 23.5 Å². The average molecular weight is 496 g/mol. The van der Waals surface area contributed by atoms with Crippen molar-refractivity contribution in [3.8, 4) is 5.69 Å². The van der Waals surface area contributed by atoms with Gasteiger partial charge in [0.25, 0.3) is 0 Å². The lowest BCUT2D eigenvalue weighted by Gasteiger charge is -2.13. The van der Waals surface area contributed by atoms with Gasteiger partial charge in [0.1, 0.15) is 11.6 Å². The number of amides is 3. The highest BCUT2D eigenvalue weighted by molar-refractivity contribution is 5.99. The van der Waals surface area contributed by atoms with Crippen LogP contribution in [-0.2, 0) is 17.6 Å². The number of nitrogens with one attached hydrogen (secondary N) is 2. The molecule has 0 saturated carbocycles. The van der Waals surface area contributed by atoms with Crippen LogP contribution in [0.25, 0.3) is 16.5 Å². The third kappa shape index (κ3) is 5.48. The van der Waals surface area contributed by atoms with Crippen LogP contribution in [0, 0.1) is 17.5 Å². The number of hydrogen-bond donors (Lipinski definition) is 3. The van der Waals surface area contributed by atoms with E-state index in [1.807, 2.05) is 37.3 Å². The number of halogens is 3. The number of aromatic nitrogens is 2. The normalized spacial score (nSPS) is 11.0. The smallest absolute Gasteiger partial charge is 0.324 e. The molecule has 10 heteroatoms. The molecule has 0 aliphatic heterocycles. The fourth-order valence-corrected chi connectivity index (χ4v) is 3.94. The Morgan fingerprint density at radius 1 is 1.03 bits per heavy atom. The molecule has 3 aromatic carbocycles. The van der Waals surface area contributed by atoms with Gasteiger partial charge in [0.2, 0.25) is 5.91 Å². The third-order valence-electron chi connectivity index (χ3n) is 5.57. The summed E-state index contributed by atoms with van der Waals surface area (Å²) >= 11 is 0. The van der Waals surface area contributed by atoms with E-state index in [4.69, 9.17) is 5.73 Å². The minimum absolute atomic E-state index is 0.00593. The molecule has 0 spiro atoms. The van der Waals surface area contributed by atoms with Crippen LogP contribution < -0.4 is 16.4 Å². The Bertz CT molecular complexity index is 1450. The van der Waals surface area contributed by atoms with Crippen molar-refractivity contribution in [1.29, 1.82) is 0 Å². The van der Waals surface area contributed by atoms with E-state index in [0.717, 1.165) is 23.6 Å². The number of rotatable bonds is 8. The Morgan fingerprint density at radius 3 is 2.56 bits per heavy atom. The first-order chi connectivity index (χ1) is 17.2. The van der Waals surface area contributed by atoms with E-state index in [2.05, 4.69) is 15.7 Å². The first-order valence-electron chi connectivity index (χ1n) is 11.4. The lowest BCUT2D eigenvalue weighted by atomic mass is 10.0. The number of carbonyl (C=O) groups is 2. The molecule has 4 N–H and O–H groups in total. The quantitative estimate of drug-likeness (QED) is 0.283. The van der Waals surface area contributed by atoms with Gasteiger partial charge in [-0.25, -0.2) is 22.6 Å². The summed E-state index contributed by atoms with van der Waals surface area (Å²) in [6.07, 6.45) is 2.44. The molecule has 4 rings (SSSR count). The van der Waals surface area contributed by atoms with E-state index >= 15 is 0 Å². The minimum Gasteiger partial charge on any atom is -0.369 e. The second-order valence-corrected chi connectivity index (χ2v) is 8.33. The van der Waals surface area contributed by atoms with Crippen molar-refractivity contribution < 1.29 is 22.8 Å². The number of nitrogens with zero attached hydrogens (tertiary/aromatic N) is 2. The maximum absolute atomic E-state index is 14.0. The number of aryl methyl sites for hydroxylation is 1. The molecule has 0 saturated heterocycles. The molecule has 0 aliphatic carbocycles. The molecule has 0 radical (unpaired) electrons. The zero-order valence-corrected chi connectivity index (χ0v) is 19.4. The van der Waals surface area contributed by atoms with Crippen molar-refractivity contribution in [3.63, 3.8) is 0 Å². The molecule has 1 aromatic heterocycles. The Morgan fingerprint density at radius 2 is 1.81 bits per heavy atom. The van der Waals surface area contributed by atoms with Crippen LogP contribution in [0.15, 0.2) is 54.6 Å². The zero-order chi connectivity index (χ0) is 25.8. The number of primary amides is 1. The Balaban J connectivity index is 1.73. The van der Waals surface area contributed by atoms with Crippen LogP contribution in [0.5, 0.6) is 0 Å². The minimum atomic E-state index is -1.42. The largest absolute Gasteiger partial charge is 0.369 e. The molecule has 3 amide bonds. The van der Waals surface area contributed by atoms with Crippen molar-refractivity contribution in [1.82, 2.24) is 9.78 Å². The summed E-state index contributed by atoms with van der Waals surface area (Å²) in [4.78, 5) is 24.3. The topological polar surface area (TPSA) is 102 Å². The van der Waals surface area contributed by atoms with E-state index in [1.54, 1.807) is 12.1 Å². The Hall–Kier alpha value is -4.34. The standard InChI is InChI=1S/C26H24F3N5O2/c1-2-3-7-18-14-24(32-26(36)31-22-13-17(27)12-21(28)25(22)29)34(33-18)19-9-15-6-4-5-8-20(15)16(10-19)11-23(30)35/h4-6,8-10,12-14H,2-3,7,11H2,1H3,(H2,30,35)(H2,31,32,36). The number of nitrogens with two attached hydrogens (primary N) is 1. The monoisotopic (exact) mass is 495 g/mol. The van der Waals surface area contributed by atoms with Gasteiger partial charge in [-0.1, -0.05) is 37.6 Å². The van der Waals surface area contributed by atoms with Crippen molar-refractivity contribution in [3.05, 3.63) is 83.3 Å². The Kier molecular flexibility index (Phi) is 7.23. The van der Waals surface area contributed by atoms with E-state index in [0.29, 0.717) is 35.5 Å². The van der Waals surface area contributed by atoms with E-state index in [1.165, 1.54) is 4.68 Å². The zero-order valence-electron chi connectivity index (χ0n) is 19.4. The molecule has 0 bridgehead atoms. The van der Waals surface area contributed by atoms with E-state index in [-0.39, 0.29) is 12.2 Å². The fraction of sp³-hybridized carbons (Fsp3) is 0.192.